The number of hydrogen-bond acceptors (Lipinski definition) is 8. The maximum absolute atomic E-state index is 14.5. The lowest BCUT2D eigenvalue weighted by Gasteiger charge is -2.27. The number of benzene rings is 1. The van der Waals surface area contributed by atoms with Crippen molar-refractivity contribution in [3.05, 3.63) is 41.9 Å². The molecular formula is C20H23FN6O4S. The first-order chi connectivity index (χ1) is 15.1. The summed E-state index contributed by atoms with van der Waals surface area (Å²) in [5.74, 6) is -1.47. The molecule has 10 nitrogen and oxygen atoms in total. The summed E-state index contributed by atoms with van der Waals surface area (Å²) in [5.41, 5.74) is 6.40. The molecule has 1 saturated carbocycles. The van der Waals surface area contributed by atoms with Gasteiger partial charge in [-0.1, -0.05) is 12.2 Å². The van der Waals surface area contributed by atoms with E-state index in [1.165, 1.54) is 13.2 Å². The maximum atomic E-state index is 14.5. The summed E-state index contributed by atoms with van der Waals surface area (Å²) < 4.78 is 43.5. The highest BCUT2D eigenvalue weighted by molar-refractivity contribution is 7.89. The van der Waals surface area contributed by atoms with Crippen LogP contribution in [0.25, 0.3) is 0 Å². The topological polar surface area (TPSA) is 162 Å². The molecule has 0 aliphatic heterocycles. The number of amides is 1. The summed E-state index contributed by atoms with van der Waals surface area (Å²) in [6, 6.07) is 2.53. The van der Waals surface area contributed by atoms with Crippen molar-refractivity contribution >= 4 is 33.4 Å². The van der Waals surface area contributed by atoms with Gasteiger partial charge in [-0.3, -0.25) is 4.79 Å². The molecule has 2 aliphatic carbocycles. The molecule has 2 bridgehead atoms. The van der Waals surface area contributed by atoms with Crippen LogP contribution in [0.15, 0.2) is 35.4 Å². The van der Waals surface area contributed by atoms with Gasteiger partial charge in [-0.05, 0) is 42.9 Å². The number of methoxy groups -OCH3 is 1. The maximum Gasteiger partial charge on any atom is 0.241 e. The smallest absolute Gasteiger partial charge is 0.241 e. The largest absolute Gasteiger partial charge is 0.495 e. The van der Waals surface area contributed by atoms with Crippen molar-refractivity contribution in [1.29, 1.82) is 0 Å². The summed E-state index contributed by atoms with van der Waals surface area (Å²) in [7, 11) is -2.72. The van der Waals surface area contributed by atoms with Crippen LogP contribution < -0.4 is 26.2 Å². The fourth-order valence-corrected chi connectivity index (χ4v) is 5.30. The number of aromatic nitrogens is 2. The average Bonchev–Trinajstić information content (AvgIpc) is 3.31. The van der Waals surface area contributed by atoms with Gasteiger partial charge in [0.1, 0.15) is 10.6 Å². The van der Waals surface area contributed by atoms with Gasteiger partial charge in [0.2, 0.25) is 21.9 Å². The molecule has 12 heteroatoms. The average molecular weight is 463 g/mol. The highest BCUT2D eigenvalue weighted by Crippen LogP contribution is 2.45. The zero-order valence-electron chi connectivity index (χ0n) is 17.4. The molecule has 0 spiro atoms. The molecule has 0 radical (unpaired) electrons. The van der Waals surface area contributed by atoms with Gasteiger partial charge in [-0.2, -0.15) is 4.98 Å². The van der Waals surface area contributed by atoms with E-state index in [0.29, 0.717) is 11.3 Å². The monoisotopic (exact) mass is 462 g/mol. The quantitative estimate of drug-likeness (QED) is 0.449. The number of hydrogen-bond donors (Lipinski definition) is 4. The van der Waals surface area contributed by atoms with E-state index < -0.39 is 27.7 Å². The van der Waals surface area contributed by atoms with Crippen LogP contribution in [0, 0.1) is 30.5 Å². The Morgan fingerprint density at radius 1 is 1.28 bits per heavy atom. The van der Waals surface area contributed by atoms with E-state index >= 15 is 0 Å². The van der Waals surface area contributed by atoms with Gasteiger partial charge >= 0.3 is 0 Å². The van der Waals surface area contributed by atoms with Crippen LogP contribution in [0.3, 0.4) is 0 Å². The van der Waals surface area contributed by atoms with Crippen LogP contribution in [0.2, 0.25) is 0 Å². The van der Waals surface area contributed by atoms with Crippen molar-refractivity contribution in [3.63, 3.8) is 0 Å². The predicted molar refractivity (Wildman–Crippen MR) is 115 cm³/mol. The number of nitrogens with one attached hydrogen (secondary N) is 2. The summed E-state index contributed by atoms with van der Waals surface area (Å²) in [6.07, 6.45) is 5.72. The number of ether oxygens (including phenoxy) is 1. The van der Waals surface area contributed by atoms with E-state index in [2.05, 4.69) is 20.6 Å². The Labute approximate surface area is 184 Å². The number of nitrogens with zero attached hydrogens (tertiary/aromatic N) is 2. The zero-order chi connectivity index (χ0) is 23.2. The molecule has 1 fully saturated rings. The molecule has 170 valence electrons. The highest BCUT2D eigenvalue weighted by Gasteiger charge is 2.47. The third-order valence-electron chi connectivity index (χ3n) is 5.84. The van der Waals surface area contributed by atoms with Gasteiger partial charge in [0, 0.05) is 11.7 Å². The van der Waals surface area contributed by atoms with E-state index in [0.717, 1.165) is 12.6 Å². The number of rotatable bonds is 7. The van der Waals surface area contributed by atoms with Crippen molar-refractivity contribution in [2.24, 2.45) is 28.6 Å². The molecule has 6 N–H and O–H groups in total. The van der Waals surface area contributed by atoms with E-state index in [1.807, 2.05) is 12.2 Å². The van der Waals surface area contributed by atoms with Gasteiger partial charge in [-0.25, -0.2) is 22.9 Å². The first kappa shape index (κ1) is 22.0. The second-order valence-electron chi connectivity index (χ2n) is 7.93. The Morgan fingerprint density at radius 2 is 2.00 bits per heavy atom. The van der Waals surface area contributed by atoms with E-state index in [9.17, 15) is 17.6 Å². The molecule has 1 heterocycles. The second-order valence-corrected chi connectivity index (χ2v) is 9.46. The molecule has 4 rings (SSSR count). The fraction of sp³-hybridized carbons (Fsp3) is 0.350. The van der Waals surface area contributed by atoms with Gasteiger partial charge in [0.15, 0.2) is 11.6 Å². The molecule has 1 aromatic heterocycles. The lowest BCUT2D eigenvalue weighted by molar-refractivity contribution is -0.122. The van der Waals surface area contributed by atoms with E-state index in [-0.39, 0.29) is 40.3 Å². The number of anilines is 3. The number of halogens is 1. The number of nitrogens with two attached hydrogens (primary N) is 2. The lowest BCUT2D eigenvalue weighted by Crippen LogP contribution is -2.41. The van der Waals surface area contributed by atoms with Crippen LogP contribution in [-0.4, -0.2) is 37.4 Å². The van der Waals surface area contributed by atoms with Crippen LogP contribution in [-0.2, 0) is 14.8 Å². The second kappa shape index (κ2) is 8.02. The van der Waals surface area contributed by atoms with Gasteiger partial charge < -0.3 is 21.1 Å². The SMILES string of the molecule is COc1c(C)cc(Nc2ncc(F)c(N[C@H]3[C@@H](C(N)=O)[C@H]4C=C[C@H]3C4)n2)cc1S(N)(=O)=O. The Morgan fingerprint density at radius 3 is 2.66 bits per heavy atom. The lowest BCUT2D eigenvalue weighted by atomic mass is 9.88. The van der Waals surface area contributed by atoms with Crippen molar-refractivity contribution < 1.29 is 22.3 Å². The van der Waals surface area contributed by atoms with Crippen molar-refractivity contribution in [2.45, 2.75) is 24.3 Å². The zero-order valence-corrected chi connectivity index (χ0v) is 18.2. The molecule has 2 aromatic rings. The number of sulfonamides is 1. The van der Waals surface area contributed by atoms with Crippen molar-refractivity contribution in [3.8, 4) is 5.75 Å². The minimum Gasteiger partial charge on any atom is -0.495 e. The normalized spacial score (nSPS) is 23.9. The first-order valence-corrected chi connectivity index (χ1v) is 11.4. The van der Waals surface area contributed by atoms with Crippen LogP contribution in [0.4, 0.5) is 21.8 Å². The molecule has 2 aliphatic rings. The first-order valence-electron chi connectivity index (χ1n) is 9.83. The third-order valence-corrected chi connectivity index (χ3v) is 6.76. The molecule has 32 heavy (non-hydrogen) atoms. The third kappa shape index (κ3) is 3.98. The Bertz CT molecular complexity index is 1220. The van der Waals surface area contributed by atoms with Crippen molar-refractivity contribution in [1.82, 2.24) is 9.97 Å². The predicted octanol–water partition coefficient (Wildman–Crippen LogP) is 1.41. The number of allylic oxidation sites excluding steroid dienone is 1. The number of carbonyl (C=O) groups excluding carboxylic acids is 1. The summed E-state index contributed by atoms with van der Waals surface area (Å²) in [5, 5.41) is 11.2. The molecule has 4 atom stereocenters. The number of fused-ring (bicyclic) bond motifs is 2. The number of primary sulfonamides is 1. The standard InChI is InChI=1S/C20H23FN6O4S/c1-9-5-12(7-14(17(9)31-2)32(23,29)30)25-20-24-8-13(21)19(27-20)26-16-11-4-3-10(6-11)15(16)18(22)28/h3-5,7-8,10-11,15-16H,6H2,1-2H3,(H2,22,28)(H2,23,29,30)(H2,24,25,26,27)/t10-,11-,15-,16+/m0/s1. The summed E-state index contributed by atoms with van der Waals surface area (Å²) in [4.78, 5) is 19.8. The molecule has 0 saturated heterocycles. The van der Waals surface area contributed by atoms with Gasteiger partial charge in [0.25, 0.3) is 0 Å². The van der Waals surface area contributed by atoms with Crippen molar-refractivity contribution in [2.75, 3.05) is 17.7 Å². The number of carbonyl (C=O) groups is 1. The minimum absolute atomic E-state index is 0.0214. The molecular weight excluding hydrogens is 439 g/mol. The van der Waals surface area contributed by atoms with Crippen LogP contribution in [0.1, 0.15) is 12.0 Å². The van der Waals surface area contributed by atoms with E-state index in [4.69, 9.17) is 15.6 Å². The Hall–Kier alpha value is -3.25. The highest BCUT2D eigenvalue weighted by atomic mass is 32.2. The summed E-state index contributed by atoms with van der Waals surface area (Å²) >= 11 is 0. The van der Waals surface area contributed by atoms with E-state index in [1.54, 1.807) is 13.0 Å². The van der Waals surface area contributed by atoms with Gasteiger partial charge in [0.05, 0.1) is 19.2 Å². The van der Waals surface area contributed by atoms with Crippen LogP contribution in [0.5, 0.6) is 5.75 Å². The fourth-order valence-electron chi connectivity index (χ4n) is 4.51. The summed E-state index contributed by atoms with van der Waals surface area (Å²) in [6.45, 7) is 1.66. The van der Waals surface area contributed by atoms with Gasteiger partial charge in [-0.15, -0.1) is 0 Å². The molecule has 1 aromatic carbocycles. The number of primary amides is 1. The minimum atomic E-state index is -4.06. The molecule has 1 amide bonds. The number of aryl methyl sites for hydroxylation is 1. The Kier molecular flexibility index (Phi) is 5.51. The molecule has 0 unspecified atom stereocenters. The Balaban J connectivity index is 1.62. The van der Waals surface area contributed by atoms with Crippen LogP contribution >= 0.6 is 0 Å².